The summed E-state index contributed by atoms with van der Waals surface area (Å²) >= 11 is 6.24. The van der Waals surface area contributed by atoms with Crippen LogP contribution < -0.4 is 5.32 Å². The molecule has 8 heteroatoms. The van der Waals surface area contributed by atoms with Crippen molar-refractivity contribution in [1.82, 2.24) is 9.78 Å². The lowest BCUT2D eigenvalue weighted by Crippen LogP contribution is -2.41. The van der Waals surface area contributed by atoms with Crippen LogP contribution >= 0.6 is 11.6 Å². The first-order chi connectivity index (χ1) is 13.4. The lowest BCUT2D eigenvalue weighted by Gasteiger charge is -2.23. The Morgan fingerprint density at radius 2 is 1.93 bits per heavy atom. The number of fused-ring (bicyclic) bond motifs is 2. The van der Waals surface area contributed by atoms with Gasteiger partial charge in [-0.15, -0.1) is 0 Å². The van der Waals surface area contributed by atoms with Gasteiger partial charge < -0.3 is 15.2 Å². The second kappa shape index (κ2) is 7.22. The van der Waals surface area contributed by atoms with E-state index in [2.05, 4.69) is 10.4 Å². The molecule has 0 saturated carbocycles. The molecule has 7 nitrogen and oxygen atoms in total. The molecule has 2 bridgehead atoms. The maximum Gasteiger partial charge on any atom is 0.310 e. The minimum atomic E-state index is -0.977. The van der Waals surface area contributed by atoms with Crippen LogP contribution in [0.4, 0.5) is 5.69 Å². The number of aromatic nitrogens is 2. The summed E-state index contributed by atoms with van der Waals surface area (Å²) in [6, 6.07) is 7.54. The molecule has 0 spiro atoms. The van der Waals surface area contributed by atoms with E-state index in [1.807, 2.05) is 38.1 Å². The molecule has 2 aliphatic heterocycles. The summed E-state index contributed by atoms with van der Waals surface area (Å²) in [4.78, 5) is 24.6. The van der Waals surface area contributed by atoms with Crippen molar-refractivity contribution in [1.29, 1.82) is 0 Å². The highest BCUT2D eigenvalue weighted by atomic mass is 35.5. The van der Waals surface area contributed by atoms with Crippen molar-refractivity contribution in [3.8, 4) is 0 Å². The van der Waals surface area contributed by atoms with Crippen LogP contribution in [0.25, 0.3) is 0 Å². The van der Waals surface area contributed by atoms with Gasteiger partial charge in [-0.2, -0.15) is 5.10 Å². The highest BCUT2D eigenvalue weighted by Gasteiger charge is 2.55. The van der Waals surface area contributed by atoms with E-state index in [9.17, 15) is 14.7 Å². The molecule has 148 valence electrons. The van der Waals surface area contributed by atoms with Crippen LogP contribution in [0.2, 0.25) is 5.02 Å². The van der Waals surface area contributed by atoms with Crippen LogP contribution in [-0.2, 0) is 20.9 Å². The second-order valence-electron chi connectivity index (χ2n) is 7.46. The molecule has 1 aromatic carbocycles. The van der Waals surface area contributed by atoms with Gasteiger partial charge in [0.1, 0.15) is 0 Å². The van der Waals surface area contributed by atoms with E-state index >= 15 is 0 Å². The quantitative estimate of drug-likeness (QED) is 0.800. The predicted octanol–water partition coefficient (Wildman–Crippen LogP) is 3.02. The number of nitrogens with one attached hydrogen (secondary N) is 1. The molecular weight excluding hydrogens is 382 g/mol. The van der Waals surface area contributed by atoms with E-state index < -0.39 is 17.8 Å². The van der Waals surface area contributed by atoms with Gasteiger partial charge >= 0.3 is 5.97 Å². The third-order valence-corrected chi connectivity index (χ3v) is 6.14. The first-order valence-electron chi connectivity index (χ1n) is 9.33. The Kier molecular flexibility index (Phi) is 4.89. The summed E-state index contributed by atoms with van der Waals surface area (Å²) in [6.07, 6.45) is 0.712. The molecule has 0 radical (unpaired) electrons. The first kappa shape index (κ1) is 19.0. The molecule has 4 atom stereocenters. The SMILES string of the molecule is Cc1nn(Cc2ccccc2Cl)c(C)c1NC(=O)[C@H]1[C@@H](C(=O)O)[C@@H]2CC[C@@H]1O2. The van der Waals surface area contributed by atoms with Gasteiger partial charge in [0.15, 0.2) is 0 Å². The van der Waals surface area contributed by atoms with Crippen molar-refractivity contribution < 1.29 is 19.4 Å². The number of hydrogen-bond acceptors (Lipinski definition) is 4. The molecule has 2 saturated heterocycles. The number of aryl methyl sites for hydroxylation is 1. The molecule has 2 aromatic rings. The van der Waals surface area contributed by atoms with Gasteiger partial charge in [0.05, 0.1) is 47.7 Å². The number of hydrogen-bond donors (Lipinski definition) is 2. The topological polar surface area (TPSA) is 93.5 Å². The Hall–Kier alpha value is -2.38. The minimum Gasteiger partial charge on any atom is -0.481 e. The maximum atomic E-state index is 12.9. The fraction of sp³-hybridized carbons (Fsp3) is 0.450. The third kappa shape index (κ3) is 3.18. The van der Waals surface area contributed by atoms with E-state index in [0.717, 1.165) is 17.7 Å². The summed E-state index contributed by atoms with van der Waals surface area (Å²) in [5, 5.41) is 17.6. The summed E-state index contributed by atoms with van der Waals surface area (Å²) in [5.41, 5.74) is 3.01. The number of ether oxygens (including phenoxy) is 1. The van der Waals surface area contributed by atoms with Crippen LogP contribution in [-0.4, -0.2) is 39.0 Å². The van der Waals surface area contributed by atoms with Gasteiger partial charge in [0.25, 0.3) is 0 Å². The van der Waals surface area contributed by atoms with Gasteiger partial charge in [0.2, 0.25) is 5.91 Å². The molecule has 1 amide bonds. The number of carboxylic acid groups (broad SMARTS) is 1. The van der Waals surface area contributed by atoms with Crippen molar-refractivity contribution in [3.63, 3.8) is 0 Å². The van der Waals surface area contributed by atoms with Crippen LogP contribution in [0.3, 0.4) is 0 Å². The predicted molar refractivity (Wildman–Crippen MR) is 103 cm³/mol. The molecule has 0 aliphatic carbocycles. The summed E-state index contributed by atoms with van der Waals surface area (Å²) in [7, 11) is 0. The average Bonchev–Trinajstić information content (AvgIpc) is 3.33. The molecule has 3 heterocycles. The minimum absolute atomic E-state index is 0.317. The molecule has 2 fully saturated rings. The number of aliphatic carboxylic acids is 1. The number of nitrogens with zero attached hydrogens (tertiary/aromatic N) is 2. The van der Waals surface area contributed by atoms with Crippen LogP contribution in [0, 0.1) is 25.7 Å². The second-order valence-corrected chi connectivity index (χ2v) is 7.87. The highest BCUT2D eigenvalue weighted by molar-refractivity contribution is 6.31. The van der Waals surface area contributed by atoms with Gasteiger partial charge in [-0.1, -0.05) is 29.8 Å². The van der Waals surface area contributed by atoms with E-state index in [1.165, 1.54) is 0 Å². The van der Waals surface area contributed by atoms with Crippen molar-refractivity contribution in [2.45, 2.75) is 45.4 Å². The van der Waals surface area contributed by atoms with Crippen LogP contribution in [0.5, 0.6) is 0 Å². The summed E-state index contributed by atoms with van der Waals surface area (Å²) < 4.78 is 7.49. The molecule has 2 aliphatic rings. The Labute approximate surface area is 167 Å². The number of rotatable bonds is 5. The van der Waals surface area contributed by atoms with Gasteiger partial charge in [-0.25, -0.2) is 0 Å². The Morgan fingerprint density at radius 3 is 2.61 bits per heavy atom. The first-order valence-corrected chi connectivity index (χ1v) is 9.71. The lowest BCUT2D eigenvalue weighted by molar-refractivity contribution is -0.147. The molecular formula is C20H22ClN3O4. The third-order valence-electron chi connectivity index (χ3n) is 5.77. The smallest absolute Gasteiger partial charge is 0.310 e. The zero-order chi connectivity index (χ0) is 20.0. The number of carboxylic acids is 1. The van der Waals surface area contributed by atoms with Crippen molar-refractivity contribution in [2.75, 3.05) is 5.32 Å². The van der Waals surface area contributed by atoms with E-state index in [1.54, 1.807) is 4.68 Å². The fourth-order valence-corrected chi connectivity index (χ4v) is 4.55. The average molecular weight is 404 g/mol. The molecule has 28 heavy (non-hydrogen) atoms. The normalized spacial score (nSPS) is 25.8. The molecule has 0 unspecified atom stereocenters. The van der Waals surface area contributed by atoms with E-state index in [4.69, 9.17) is 16.3 Å². The van der Waals surface area contributed by atoms with Crippen LogP contribution in [0.15, 0.2) is 24.3 Å². The molecule has 1 aromatic heterocycles. The fourth-order valence-electron chi connectivity index (χ4n) is 4.35. The maximum absolute atomic E-state index is 12.9. The summed E-state index contributed by atoms with van der Waals surface area (Å²) in [6.45, 7) is 4.17. The largest absolute Gasteiger partial charge is 0.481 e. The number of carbonyl (C=O) groups excluding carboxylic acids is 1. The Morgan fingerprint density at radius 1 is 1.25 bits per heavy atom. The van der Waals surface area contributed by atoms with E-state index in [0.29, 0.717) is 29.4 Å². The number of halogens is 1. The Bertz CT molecular complexity index is 942. The molecule has 4 rings (SSSR count). The number of amides is 1. The molecule has 2 N–H and O–H groups in total. The standard InChI is InChI=1S/C20H22ClN3O4/c1-10-18(11(2)24(23-10)9-12-5-3-4-6-13(12)21)22-19(25)16-14-7-8-15(28-14)17(16)20(26)27/h3-6,14-17H,7-9H2,1-2H3,(H,22,25)(H,26,27)/t14-,15-,16+,17-/m0/s1. The van der Waals surface area contributed by atoms with Crippen molar-refractivity contribution in [3.05, 3.63) is 46.2 Å². The highest BCUT2D eigenvalue weighted by Crippen LogP contribution is 2.44. The lowest BCUT2D eigenvalue weighted by atomic mass is 9.78. The number of anilines is 1. The summed E-state index contributed by atoms with van der Waals surface area (Å²) in [5.74, 6) is -2.77. The van der Waals surface area contributed by atoms with E-state index in [-0.39, 0.29) is 18.1 Å². The van der Waals surface area contributed by atoms with Gasteiger partial charge in [-0.3, -0.25) is 14.3 Å². The zero-order valence-corrected chi connectivity index (χ0v) is 16.4. The van der Waals surface area contributed by atoms with Gasteiger partial charge in [-0.05, 0) is 38.3 Å². The number of carbonyl (C=O) groups is 2. The number of benzene rings is 1. The van der Waals surface area contributed by atoms with Crippen molar-refractivity contribution >= 4 is 29.2 Å². The van der Waals surface area contributed by atoms with Crippen LogP contribution in [0.1, 0.15) is 29.8 Å². The monoisotopic (exact) mass is 403 g/mol. The van der Waals surface area contributed by atoms with Crippen molar-refractivity contribution in [2.24, 2.45) is 11.8 Å². The Balaban J connectivity index is 1.55. The zero-order valence-electron chi connectivity index (χ0n) is 15.7. The van der Waals surface area contributed by atoms with Gasteiger partial charge in [0, 0.05) is 5.02 Å².